The zero-order chi connectivity index (χ0) is 24.1. The third-order valence-corrected chi connectivity index (χ3v) is 8.69. The number of carbonyl (C=O) groups excluding carboxylic acids is 1. The Kier molecular flexibility index (Phi) is 7.63. The molecule has 2 aromatic carbocycles. The molecule has 9 heteroatoms. The summed E-state index contributed by atoms with van der Waals surface area (Å²) in [6.07, 6.45) is 0. The number of nitriles is 1. The van der Waals surface area contributed by atoms with Crippen LogP contribution < -0.4 is 0 Å². The molecular weight excluding hydrogens is 450 g/mol. The maximum atomic E-state index is 13.1. The van der Waals surface area contributed by atoms with Gasteiger partial charge in [-0.1, -0.05) is 42.5 Å². The third kappa shape index (κ3) is 5.31. The highest BCUT2D eigenvalue weighted by Gasteiger charge is 2.34. The smallest absolute Gasteiger partial charge is 0.244 e. The fourth-order valence-electron chi connectivity index (χ4n) is 4.64. The van der Waals surface area contributed by atoms with Gasteiger partial charge < -0.3 is 4.90 Å². The fourth-order valence-corrected chi connectivity index (χ4v) is 6.21. The van der Waals surface area contributed by atoms with Crippen molar-refractivity contribution in [3.05, 3.63) is 65.7 Å². The molecule has 2 saturated heterocycles. The normalized spacial score (nSPS) is 19.5. The average Bonchev–Trinajstić information content (AvgIpc) is 2.89. The number of benzene rings is 2. The highest BCUT2D eigenvalue weighted by Crippen LogP contribution is 2.22. The minimum atomic E-state index is -3.74. The second-order valence-corrected chi connectivity index (χ2v) is 10.7. The van der Waals surface area contributed by atoms with Gasteiger partial charge in [0.1, 0.15) is 6.07 Å². The van der Waals surface area contributed by atoms with Gasteiger partial charge in [0.25, 0.3) is 0 Å². The van der Waals surface area contributed by atoms with Crippen LogP contribution in [-0.4, -0.2) is 91.7 Å². The molecule has 4 rings (SSSR count). The van der Waals surface area contributed by atoms with E-state index in [0.717, 1.165) is 19.6 Å². The SMILES string of the molecule is CC(C(=O)N1CCN(Cc2ccccc2)CC1)N1CCN(S(=O)(=O)c2ccccc2C#N)CC1. The molecule has 2 heterocycles. The second kappa shape index (κ2) is 10.7. The van der Waals surface area contributed by atoms with Crippen molar-refractivity contribution in [2.24, 2.45) is 0 Å². The number of amides is 1. The first kappa shape index (κ1) is 24.4. The molecule has 0 aliphatic carbocycles. The molecule has 0 saturated carbocycles. The van der Waals surface area contributed by atoms with E-state index in [-0.39, 0.29) is 22.4 Å². The Morgan fingerprint density at radius 3 is 2.18 bits per heavy atom. The Labute approximate surface area is 202 Å². The topological polar surface area (TPSA) is 88.0 Å². The third-order valence-electron chi connectivity index (χ3n) is 6.74. The summed E-state index contributed by atoms with van der Waals surface area (Å²) in [6.45, 7) is 7.45. The van der Waals surface area contributed by atoms with Crippen LogP contribution in [0.25, 0.3) is 0 Å². The summed E-state index contributed by atoms with van der Waals surface area (Å²) >= 11 is 0. The molecular formula is C25H31N5O3S. The van der Waals surface area contributed by atoms with Gasteiger partial charge in [-0.2, -0.15) is 9.57 Å². The molecule has 180 valence electrons. The van der Waals surface area contributed by atoms with Gasteiger partial charge in [-0.3, -0.25) is 14.6 Å². The van der Waals surface area contributed by atoms with Crippen molar-refractivity contribution in [3.8, 4) is 6.07 Å². The van der Waals surface area contributed by atoms with E-state index >= 15 is 0 Å². The molecule has 1 atom stereocenters. The van der Waals surface area contributed by atoms with Gasteiger partial charge in [-0.25, -0.2) is 8.42 Å². The predicted molar refractivity (Wildman–Crippen MR) is 129 cm³/mol. The Morgan fingerprint density at radius 1 is 0.912 bits per heavy atom. The molecule has 2 aromatic rings. The summed E-state index contributed by atoms with van der Waals surface area (Å²) in [6, 6.07) is 18.3. The van der Waals surface area contributed by atoms with Crippen molar-refractivity contribution >= 4 is 15.9 Å². The van der Waals surface area contributed by atoms with Crippen LogP contribution >= 0.6 is 0 Å². The van der Waals surface area contributed by atoms with Crippen LogP contribution in [0, 0.1) is 11.3 Å². The number of rotatable bonds is 6. The Hall–Kier alpha value is -2.77. The molecule has 0 aromatic heterocycles. The lowest BCUT2D eigenvalue weighted by atomic mass is 10.1. The molecule has 0 radical (unpaired) electrons. The number of sulfonamides is 1. The van der Waals surface area contributed by atoms with Crippen molar-refractivity contribution in [2.75, 3.05) is 52.4 Å². The first-order chi connectivity index (χ1) is 16.4. The fraction of sp³-hybridized carbons (Fsp3) is 0.440. The Balaban J connectivity index is 1.29. The first-order valence-electron chi connectivity index (χ1n) is 11.7. The van der Waals surface area contributed by atoms with Gasteiger partial charge in [0.2, 0.25) is 15.9 Å². The van der Waals surface area contributed by atoms with Crippen LogP contribution in [0.5, 0.6) is 0 Å². The van der Waals surface area contributed by atoms with E-state index in [2.05, 4.69) is 21.9 Å². The first-order valence-corrected chi connectivity index (χ1v) is 13.1. The zero-order valence-electron chi connectivity index (χ0n) is 19.5. The minimum absolute atomic E-state index is 0.0449. The van der Waals surface area contributed by atoms with Crippen molar-refractivity contribution in [2.45, 2.75) is 24.4 Å². The molecule has 2 fully saturated rings. The highest BCUT2D eigenvalue weighted by molar-refractivity contribution is 7.89. The molecule has 2 aliphatic heterocycles. The van der Waals surface area contributed by atoms with Crippen molar-refractivity contribution in [1.29, 1.82) is 5.26 Å². The summed E-state index contributed by atoms with van der Waals surface area (Å²) in [5, 5.41) is 9.28. The Morgan fingerprint density at radius 2 is 1.53 bits per heavy atom. The predicted octanol–water partition coefficient (Wildman–Crippen LogP) is 1.60. The van der Waals surface area contributed by atoms with E-state index in [1.165, 1.54) is 22.0 Å². The zero-order valence-corrected chi connectivity index (χ0v) is 20.3. The number of piperazine rings is 2. The molecule has 2 aliphatic rings. The molecule has 34 heavy (non-hydrogen) atoms. The minimum Gasteiger partial charge on any atom is -0.339 e. The lowest BCUT2D eigenvalue weighted by molar-refractivity contribution is -0.138. The van der Waals surface area contributed by atoms with E-state index in [9.17, 15) is 18.5 Å². The maximum absolute atomic E-state index is 13.1. The number of hydrogen-bond donors (Lipinski definition) is 0. The molecule has 0 N–H and O–H groups in total. The van der Waals surface area contributed by atoms with Crippen LogP contribution in [0.2, 0.25) is 0 Å². The van der Waals surface area contributed by atoms with E-state index < -0.39 is 10.0 Å². The number of nitrogens with zero attached hydrogens (tertiary/aromatic N) is 5. The largest absolute Gasteiger partial charge is 0.339 e. The molecule has 8 nitrogen and oxygen atoms in total. The van der Waals surface area contributed by atoms with Gasteiger partial charge in [-0.15, -0.1) is 0 Å². The summed E-state index contributed by atoms with van der Waals surface area (Å²) < 4.78 is 27.5. The summed E-state index contributed by atoms with van der Waals surface area (Å²) in [7, 11) is -3.74. The van der Waals surface area contributed by atoms with Crippen LogP contribution in [0.1, 0.15) is 18.1 Å². The van der Waals surface area contributed by atoms with Crippen LogP contribution in [0.3, 0.4) is 0 Å². The van der Waals surface area contributed by atoms with Crippen LogP contribution in [0.4, 0.5) is 0 Å². The highest BCUT2D eigenvalue weighted by atomic mass is 32.2. The van der Waals surface area contributed by atoms with Crippen LogP contribution in [0.15, 0.2) is 59.5 Å². The Bertz CT molecular complexity index is 1130. The average molecular weight is 482 g/mol. The lowest BCUT2D eigenvalue weighted by Gasteiger charge is -2.40. The molecule has 0 spiro atoms. The van der Waals surface area contributed by atoms with Crippen LogP contribution in [-0.2, 0) is 21.4 Å². The quantitative estimate of drug-likeness (QED) is 0.623. The monoisotopic (exact) mass is 481 g/mol. The van der Waals surface area contributed by atoms with E-state index in [1.54, 1.807) is 12.1 Å². The standard InChI is InChI=1S/C25H31N5O3S/c1-21(25(31)29-13-11-27(12-14-29)20-22-7-3-2-4-8-22)28-15-17-30(18-16-28)34(32,33)24-10-6-5-9-23(24)19-26/h2-10,21H,11-18,20H2,1H3. The van der Waals surface area contributed by atoms with Gasteiger partial charge in [0, 0.05) is 58.9 Å². The van der Waals surface area contributed by atoms with Gasteiger partial charge >= 0.3 is 0 Å². The van der Waals surface area contributed by atoms with Crippen molar-refractivity contribution < 1.29 is 13.2 Å². The van der Waals surface area contributed by atoms with Gasteiger partial charge in [0.15, 0.2) is 0 Å². The van der Waals surface area contributed by atoms with Gasteiger partial charge in [-0.05, 0) is 24.6 Å². The van der Waals surface area contributed by atoms with E-state index in [0.29, 0.717) is 39.3 Å². The van der Waals surface area contributed by atoms with Gasteiger partial charge in [0.05, 0.1) is 16.5 Å². The summed E-state index contributed by atoms with van der Waals surface area (Å²) in [4.78, 5) is 19.5. The number of hydrogen-bond acceptors (Lipinski definition) is 6. The second-order valence-electron chi connectivity index (χ2n) is 8.81. The number of carbonyl (C=O) groups is 1. The molecule has 0 bridgehead atoms. The summed E-state index contributed by atoms with van der Waals surface area (Å²) in [5.41, 5.74) is 1.43. The molecule has 1 amide bonds. The summed E-state index contributed by atoms with van der Waals surface area (Å²) in [5.74, 6) is 0.102. The van der Waals surface area contributed by atoms with Crippen molar-refractivity contribution in [1.82, 2.24) is 19.0 Å². The lowest BCUT2D eigenvalue weighted by Crippen LogP contribution is -2.57. The van der Waals surface area contributed by atoms with Crippen molar-refractivity contribution in [3.63, 3.8) is 0 Å². The molecule has 1 unspecified atom stereocenters. The van der Waals surface area contributed by atoms with E-state index in [1.807, 2.05) is 36.1 Å². The maximum Gasteiger partial charge on any atom is 0.244 e. The van der Waals surface area contributed by atoms with E-state index in [4.69, 9.17) is 0 Å².